The maximum absolute atomic E-state index is 13.1. The molecular formula is C15H19FN2O2. The molecule has 0 radical (unpaired) electrons. The van der Waals surface area contributed by atoms with Crippen LogP contribution in [0.25, 0.3) is 0 Å². The molecule has 0 aromatic heterocycles. The molecule has 5 heteroatoms. The molecule has 20 heavy (non-hydrogen) atoms. The number of carbonyl (C=O) groups excluding carboxylic acids is 2. The number of nitrogens with zero attached hydrogens (tertiary/aromatic N) is 1. The molecular weight excluding hydrogens is 259 g/mol. The lowest BCUT2D eigenvalue weighted by molar-refractivity contribution is -0.121. The van der Waals surface area contributed by atoms with Crippen LogP contribution in [0, 0.1) is 5.82 Å². The Labute approximate surface area is 118 Å². The fourth-order valence-corrected chi connectivity index (χ4v) is 2.36. The summed E-state index contributed by atoms with van der Waals surface area (Å²) in [5, 5.41) is 2.94. The summed E-state index contributed by atoms with van der Waals surface area (Å²) in [4.78, 5) is 25.2. The smallest absolute Gasteiger partial charge is 0.253 e. The summed E-state index contributed by atoms with van der Waals surface area (Å²) in [6.07, 6.45) is 1.96. The van der Waals surface area contributed by atoms with Gasteiger partial charge in [0.25, 0.3) is 5.91 Å². The first kappa shape index (κ1) is 14.5. The summed E-state index contributed by atoms with van der Waals surface area (Å²) in [5.41, 5.74) is 0.376. The number of likely N-dealkylation sites (tertiary alicyclic amines) is 1. The Hall–Kier alpha value is -1.91. The van der Waals surface area contributed by atoms with Gasteiger partial charge in [-0.1, -0.05) is 13.0 Å². The third kappa shape index (κ3) is 3.56. The number of amides is 2. The van der Waals surface area contributed by atoms with Crippen LogP contribution in [0.2, 0.25) is 0 Å². The van der Waals surface area contributed by atoms with Crippen molar-refractivity contribution in [3.63, 3.8) is 0 Å². The summed E-state index contributed by atoms with van der Waals surface area (Å²) in [7, 11) is 0. The summed E-state index contributed by atoms with van der Waals surface area (Å²) < 4.78 is 13.1. The van der Waals surface area contributed by atoms with E-state index in [9.17, 15) is 14.0 Å². The van der Waals surface area contributed by atoms with Crippen molar-refractivity contribution < 1.29 is 14.0 Å². The molecule has 0 saturated carbocycles. The van der Waals surface area contributed by atoms with Gasteiger partial charge in [0.05, 0.1) is 0 Å². The van der Waals surface area contributed by atoms with Gasteiger partial charge in [-0.25, -0.2) is 4.39 Å². The summed E-state index contributed by atoms with van der Waals surface area (Å²) in [6, 6.07) is 5.88. The van der Waals surface area contributed by atoms with Crippen LogP contribution in [0.4, 0.5) is 4.39 Å². The van der Waals surface area contributed by atoms with Crippen LogP contribution in [0.5, 0.6) is 0 Å². The zero-order valence-electron chi connectivity index (χ0n) is 11.6. The van der Waals surface area contributed by atoms with Crippen LogP contribution in [0.15, 0.2) is 24.3 Å². The van der Waals surface area contributed by atoms with Crippen molar-refractivity contribution in [2.45, 2.75) is 32.2 Å². The highest BCUT2D eigenvalue weighted by Gasteiger charge is 2.24. The predicted octanol–water partition coefficient (Wildman–Crippen LogP) is 1.96. The number of nitrogens with one attached hydrogen (secondary N) is 1. The van der Waals surface area contributed by atoms with Gasteiger partial charge in [-0.15, -0.1) is 0 Å². The maximum atomic E-state index is 13.1. The van der Waals surface area contributed by atoms with Gasteiger partial charge in [0.1, 0.15) is 5.82 Å². The lowest BCUT2D eigenvalue weighted by Crippen LogP contribution is -2.46. The van der Waals surface area contributed by atoms with E-state index in [-0.39, 0.29) is 17.9 Å². The molecule has 1 fully saturated rings. The van der Waals surface area contributed by atoms with Gasteiger partial charge in [-0.3, -0.25) is 9.59 Å². The maximum Gasteiger partial charge on any atom is 0.253 e. The Morgan fingerprint density at radius 3 is 2.65 bits per heavy atom. The van der Waals surface area contributed by atoms with Crippen molar-refractivity contribution in [2.75, 3.05) is 13.1 Å². The number of hydrogen-bond donors (Lipinski definition) is 1. The van der Waals surface area contributed by atoms with Gasteiger partial charge in [-0.2, -0.15) is 0 Å². The molecule has 0 unspecified atom stereocenters. The molecule has 1 saturated heterocycles. The van der Waals surface area contributed by atoms with Crippen LogP contribution in [0.3, 0.4) is 0 Å². The zero-order valence-corrected chi connectivity index (χ0v) is 11.6. The number of halogens is 1. The van der Waals surface area contributed by atoms with Crippen LogP contribution in [0.1, 0.15) is 36.5 Å². The van der Waals surface area contributed by atoms with E-state index >= 15 is 0 Å². The fraction of sp³-hybridized carbons (Fsp3) is 0.467. The van der Waals surface area contributed by atoms with Crippen LogP contribution < -0.4 is 5.32 Å². The molecule has 1 aliphatic rings. The van der Waals surface area contributed by atoms with E-state index in [1.54, 1.807) is 11.0 Å². The molecule has 0 bridgehead atoms. The van der Waals surface area contributed by atoms with Crippen molar-refractivity contribution in [3.05, 3.63) is 35.6 Å². The van der Waals surface area contributed by atoms with Crippen molar-refractivity contribution >= 4 is 11.8 Å². The highest BCUT2D eigenvalue weighted by atomic mass is 19.1. The van der Waals surface area contributed by atoms with Gasteiger partial charge >= 0.3 is 0 Å². The molecule has 1 N–H and O–H groups in total. The van der Waals surface area contributed by atoms with Crippen LogP contribution in [-0.2, 0) is 4.79 Å². The third-order valence-electron chi connectivity index (χ3n) is 3.54. The van der Waals surface area contributed by atoms with Crippen molar-refractivity contribution in [3.8, 4) is 0 Å². The van der Waals surface area contributed by atoms with Crippen molar-refractivity contribution in [1.29, 1.82) is 0 Å². The predicted molar refractivity (Wildman–Crippen MR) is 73.8 cm³/mol. The van der Waals surface area contributed by atoms with Crippen LogP contribution >= 0.6 is 0 Å². The Morgan fingerprint density at radius 2 is 2.05 bits per heavy atom. The molecule has 2 rings (SSSR count). The second-order valence-electron chi connectivity index (χ2n) is 5.00. The Bertz CT molecular complexity index is 496. The van der Waals surface area contributed by atoms with Crippen molar-refractivity contribution in [2.24, 2.45) is 0 Å². The van der Waals surface area contributed by atoms with E-state index in [0.717, 1.165) is 12.8 Å². The normalized spacial score (nSPS) is 16.0. The molecule has 1 heterocycles. The largest absolute Gasteiger partial charge is 0.353 e. The lowest BCUT2D eigenvalue weighted by Gasteiger charge is -2.32. The summed E-state index contributed by atoms with van der Waals surface area (Å²) >= 11 is 0. The number of carbonyl (C=O) groups is 2. The number of hydrogen-bond acceptors (Lipinski definition) is 2. The molecule has 4 nitrogen and oxygen atoms in total. The fourth-order valence-electron chi connectivity index (χ4n) is 2.36. The molecule has 1 aromatic carbocycles. The molecule has 2 amide bonds. The van der Waals surface area contributed by atoms with E-state index in [1.807, 2.05) is 6.92 Å². The van der Waals surface area contributed by atoms with Gasteiger partial charge in [0.15, 0.2) is 0 Å². The lowest BCUT2D eigenvalue weighted by atomic mass is 10.0. The van der Waals surface area contributed by atoms with Gasteiger partial charge in [0, 0.05) is 31.1 Å². The molecule has 0 atom stereocenters. The van der Waals surface area contributed by atoms with Gasteiger partial charge in [0.2, 0.25) is 5.91 Å². The summed E-state index contributed by atoms with van der Waals surface area (Å²) in [5.74, 6) is -0.509. The number of benzene rings is 1. The average Bonchev–Trinajstić information content (AvgIpc) is 2.47. The molecule has 1 aromatic rings. The minimum atomic E-state index is -0.402. The highest BCUT2D eigenvalue weighted by Crippen LogP contribution is 2.14. The van der Waals surface area contributed by atoms with E-state index in [0.29, 0.717) is 25.1 Å². The first-order valence-corrected chi connectivity index (χ1v) is 6.94. The highest BCUT2D eigenvalue weighted by molar-refractivity contribution is 5.94. The molecule has 0 aliphatic carbocycles. The number of piperidine rings is 1. The van der Waals surface area contributed by atoms with Gasteiger partial charge < -0.3 is 10.2 Å². The van der Waals surface area contributed by atoms with E-state index in [4.69, 9.17) is 0 Å². The van der Waals surface area contributed by atoms with Crippen LogP contribution in [-0.4, -0.2) is 35.8 Å². The Kier molecular flexibility index (Phi) is 4.71. The Balaban J connectivity index is 1.90. The standard InChI is InChI=1S/C15H19FN2O2/c1-2-14(19)17-13-6-8-18(9-7-13)15(20)11-4-3-5-12(16)10-11/h3-5,10,13H,2,6-9H2,1H3,(H,17,19). The third-order valence-corrected chi connectivity index (χ3v) is 3.54. The first-order valence-electron chi connectivity index (χ1n) is 6.94. The van der Waals surface area contributed by atoms with Crippen molar-refractivity contribution in [1.82, 2.24) is 10.2 Å². The Morgan fingerprint density at radius 1 is 1.35 bits per heavy atom. The monoisotopic (exact) mass is 278 g/mol. The molecule has 108 valence electrons. The minimum absolute atomic E-state index is 0.0416. The average molecular weight is 278 g/mol. The number of rotatable bonds is 3. The van der Waals surface area contributed by atoms with E-state index < -0.39 is 5.82 Å². The summed E-state index contributed by atoms with van der Waals surface area (Å²) in [6.45, 7) is 2.99. The molecule has 0 spiro atoms. The van der Waals surface area contributed by atoms with E-state index in [2.05, 4.69) is 5.32 Å². The second kappa shape index (κ2) is 6.50. The quantitative estimate of drug-likeness (QED) is 0.919. The first-order chi connectivity index (χ1) is 9.60. The zero-order chi connectivity index (χ0) is 14.5. The second-order valence-corrected chi connectivity index (χ2v) is 5.00. The SMILES string of the molecule is CCC(=O)NC1CCN(C(=O)c2cccc(F)c2)CC1. The molecule has 1 aliphatic heterocycles. The van der Waals surface area contributed by atoms with E-state index in [1.165, 1.54) is 18.2 Å². The van der Waals surface area contributed by atoms with Gasteiger partial charge in [-0.05, 0) is 31.0 Å². The topological polar surface area (TPSA) is 49.4 Å². The minimum Gasteiger partial charge on any atom is -0.353 e.